The predicted molar refractivity (Wildman–Crippen MR) is 79.1 cm³/mol. The number of hydrogen-bond donors (Lipinski definition) is 2. The molecule has 0 radical (unpaired) electrons. The zero-order valence-electron chi connectivity index (χ0n) is 11.9. The summed E-state index contributed by atoms with van der Waals surface area (Å²) in [6, 6.07) is 5.83. The Morgan fingerprint density at radius 1 is 1.48 bits per heavy atom. The molecule has 6 heteroatoms. The van der Waals surface area contributed by atoms with Crippen LogP contribution in [0.2, 0.25) is 0 Å². The first-order chi connectivity index (χ1) is 10.3. The summed E-state index contributed by atoms with van der Waals surface area (Å²) in [7, 11) is 0. The molecule has 0 aliphatic carbocycles. The summed E-state index contributed by atoms with van der Waals surface area (Å²) in [5.74, 6) is 0.231. The number of fused-ring (bicyclic) bond motifs is 1. The minimum atomic E-state index is -0.0466. The Balaban J connectivity index is 1.48. The average molecular weight is 288 g/mol. The fourth-order valence-corrected chi connectivity index (χ4v) is 2.68. The van der Waals surface area contributed by atoms with Gasteiger partial charge in [-0.3, -0.25) is 0 Å². The third-order valence-corrected chi connectivity index (χ3v) is 3.90. The number of pyridine rings is 1. The second kappa shape index (κ2) is 6.13. The molecule has 2 N–H and O–H groups in total. The van der Waals surface area contributed by atoms with Gasteiger partial charge in [0, 0.05) is 51.0 Å². The van der Waals surface area contributed by atoms with Crippen LogP contribution in [-0.2, 0) is 6.42 Å². The van der Waals surface area contributed by atoms with Crippen LogP contribution in [0.15, 0.2) is 30.6 Å². The van der Waals surface area contributed by atoms with Crippen LogP contribution in [0, 0.1) is 5.92 Å². The van der Waals surface area contributed by atoms with E-state index in [9.17, 15) is 4.79 Å². The second-order valence-electron chi connectivity index (χ2n) is 5.46. The monoisotopic (exact) mass is 288 g/mol. The zero-order chi connectivity index (χ0) is 14.7. The highest BCUT2D eigenvalue weighted by atomic mass is 16.3. The number of aliphatic hydroxyl groups excluding tert-OH is 1. The molecule has 0 bridgehead atoms. The maximum absolute atomic E-state index is 12.0. The van der Waals surface area contributed by atoms with E-state index in [4.69, 9.17) is 5.11 Å². The molecule has 2 amide bonds. The van der Waals surface area contributed by atoms with Crippen molar-refractivity contribution in [2.24, 2.45) is 5.92 Å². The van der Waals surface area contributed by atoms with Crippen molar-refractivity contribution in [3.8, 4) is 0 Å². The molecule has 3 heterocycles. The third-order valence-electron chi connectivity index (χ3n) is 3.90. The van der Waals surface area contributed by atoms with Crippen molar-refractivity contribution in [3.63, 3.8) is 0 Å². The van der Waals surface area contributed by atoms with Crippen molar-refractivity contribution in [1.29, 1.82) is 0 Å². The van der Waals surface area contributed by atoms with Crippen LogP contribution >= 0.6 is 0 Å². The molecule has 1 aliphatic rings. The third kappa shape index (κ3) is 3.16. The number of hydrogen-bond acceptors (Lipinski definition) is 3. The van der Waals surface area contributed by atoms with Crippen LogP contribution in [-0.4, -0.2) is 51.7 Å². The van der Waals surface area contributed by atoms with Crippen molar-refractivity contribution in [2.75, 3.05) is 26.2 Å². The van der Waals surface area contributed by atoms with Crippen LogP contribution in [0.4, 0.5) is 4.79 Å². The van der Waals surface area contributed by atoms with Crippen molar-refractivity contribution >= 4 is 11.7 Å². The molecule has 3 rings (SSSR count). The Morgan fingerprint density at radius 3 is 3.14 bits per heavy atom. The summed E-state index contributed by atoms with van der Waals surface area (Å²) < 4.78 is 1.98. The van der Waals surface area contributed by atoms with Crippen LogP contribution < -0.4 is 5.32 Å². The van der Waals surface area contributed by atoms with Gasteiger partial charge in [0.05, 0.1) is 5.69 Å². The topological polar surface area (TPSA) is 69.9 Å². The molecular formula is C15H20N4O2. The summed E-state index contributed by atoms with van der Waals surface area (Å²) in [6.07, 6.45) is 5.55. The fraction of sp³-hybridized carbons (Fsp3) is 0.467. The molecule has 1 saturated heterocycles. The Hall–Kier alpha value is -2.08. The van der Waals surface area contributed by atoms with E-state index >= 15 is 0 Å². The number of urea groups is 1. The highest BCUT2D eigenvalue weighted by molar-refractivity contribution is 5.74. The fourth-order valence-electron chi connectivity index (χ4n) is 2.68. The van der Waals surface area contributed by atoms with E-state index in [2.05, 4.69) is 10.3 Å². The minimum absolute atomic E-state index is 0.0466. The van der Waals surface area contributed by atoms with Gasteiger partial charge in [-0.1, -0.05) is 6.07 Å². The molecular weight excluding hydrogens is 268 g/mol. The van der Waals surface area contributed by atoms with E-state index in [-0.39, 0.29) is 18.6 Å². The number of rotatable bonds is 4. The van der Waals surface area contributed by atoms with E-state index in [1.807, 2.05) is 35.0 Å². The van der Waals surface area contributed by atoms with Gasteiger partial charge in [-0.2, -0.15) is 0 Å². The average Bonchev–Trinajstić information content (AvgIpc) is 3.13. The second-order valence-corrected chi connectivity index (χ2v) is 5.46. The standard InChI is InChI=1S/C15H20N4O2/c20-11-12-5-8-19(9-12)15(21)16-6-4-13-10-18-7-2-1-3-14(18)17-13/h1-3,7,10,12,20H,4-6,8-9,11H2,(H,16,21). The van der Waals surface area contributed by atoms with Gasteiger partial charge in [-0.25, -0.2) is 9.78 Å². The van der Waals surface area contributed by atoms with Gasteiger partial charge in [0.15, 0.2) is 0 Å². The van der Waals surface area contributed by atoms with Crippen LogP contribution in [0.3, 0.4) is 0 Å². The molecule has 2 aromatic heterocycles. The van der Waals surface area contributed by atoms with Crippen molar-refractivity contribution in [1.82, 2.24) is 19.6 Å². The molecule has 6 nitrogen and oxygen atoms in total. The lowest BCUT2D eigenvalue weighted by Gasteiger charge is -2.16. The molecule has 1 aliphatic heterocycles. The number of aliphatic hydroxyl groups is 1. The molecule has 2 aromatic rings. The summed E-state index contributed by atoms with van der Waals surface area (Å²) in [4.78, 5) is 18.2. The van der Waals surface area contributed by atoms with Crippen LogP contribution in [0.5, 0.6) is 0 Å². The SMILES string of the molecule is O=C(NCCc1cn2ccccc2n1)N1CCC(CO)C1. The molecule has 0 saturated carbocycles. The van der Waals surface area contributed by atoms with Crippen molar-refractivity contribution < 1.29 is 9.90 Å². The van der Waals surface area contributed by atoms with E-state index < -0.39 is 0 Å². The van der Waals surface area contributed by atoms with Crippen LogP contribution in [0.25, 0.3) is 5.65 Å². The Bertz CT molecular complexity index is 592. The predicted octanol–water partition coefficient (Wildman–Crippen LogP) is 0.901. The first-order valence-corrected chi connectivity index (χ1v) is 7.32. The summed E-state index contributed by atoms with van der Waals surface area (Å²) in [6.45, 7) is 2.11. The number of aromatic nitrogens is 2. The lowest BCUT2D eigenvalue weighted by atomic mass is 10.1. The van der Waals surface area contributed by atoms with Gasteiger partial charge >= 0.3 is 6.03 Å². The van der Waals surface area contributed by atoms with E-state index in [0.29, 0.717) is 19.5 Å². The molecule has 1 atom stereocenters. The summed E-state index contributed by atoms with van der Waals surface area (Å²) >= 11 is 0. The maximum atomic E-state index is 12.0. The number of imidazole rings is 1. The molecule has 21 heavy (non-hydrogen) atoms. The lowest BCUT2D eigenvalue weighted by molar-refractivity contribution is 0.198. The Labute approximate surface area is 123 Å². The van der Waals surface area contributed by atoms with Crippen molar-refractivity contribution in [2.45, 2.75) is 12.8 Å². The number of amides is 2. The Morgan fingerprint density at radius 2 is 2.38 bits per heavy atom. The normalized spacial score (nSPS) is 18.3. The first-order valence-electron chi connectivity index (χ1n) is 7.32. The van der Waals surface area contributed by atoms with Crippen molar-refractivity contribution in [3.05, 3.63) is 36.3 Å². The highest BCUT2D eigenvalue weighted by Crippen LogP contribution is 2.15. The number of nitrogens with zero attached hydrogens (tertiary/aromatic N) is 3. The van der Waals surface area contributed by atoms with Gasteiger partial charge in [0.25, 0.3) is 0 Å². The number of carbonyl (C=O) groups is 1. The summed E-state index contributed by atoms with van der Waals surface area (Å²) in [5, 5.41) is 12.0. The first kappa shape index (κ1) is 13.9. The van der Waals surface area contributed by atoms with E-state index in [0.717, 1.165) is 24.3 Å². The van der Waals surface area contributed by atoms with Gasteiger partial charge in [0.1, 0.15) is 5.65 Å². The Kier molecular flexibility index (Phi) is 4.06. The van der Waals surface area contributed by atoms with E-state index in [1.165, 1.54) is 0 Å². The minimum Gasteiger partial charge on any atom is -0.396 e. The van der Waals surface area contributed by atoms with Gasteiger partial charge in [0.2, 0.25) is 0 Å². The maximum Gasteiger partial charge on any atom is 0.317 e. The highest BCUT2D eigenvalue weighted by Gasteiger charge is 2.25. The number of carbonyl (C=O) groups excluding carboxylic acids is 1. The molecule has 1 fully saturated rings. The lowest BCUT2D eigenvalue weighted by Crippen LogP contribution is -2.39. The smallest absolute Gasteiger partial charge is 0.317 e. The summed E-state index contributed by atoms with van der Waals surface area (Å²) in [5.41, 5.74) is 1.89. The quantitative estimate of drug-likeness (QED) is 0.878. The van der Waals surface area contributed by atoms with Gasteiger partial charge < -0.3 is 19.7 Å². The number of likely N-dealkylation sites (tertiary alicyclic amines) is 1. The zero-order valence-corrected chi connectivity index (χ0v) is 11.9. The molecule has 112 valence electrons. The number of nitrogens with one attached hydrogen (secondary N) is 1. The largest absolute Gasteiger partial charge is 0.396 e. The van der Waals surface area contributed by atoms with Crippen LogP contribution in [0.1, 0.15) is 12.1 Å². The van der Waals surface area contributed by atoms with Gasteiger partial charge in [-0.05, 0) is 18.6 Å². The molecule has 0 spiro atoms. The molecule has 1 unspecified atom stereocenters. The molecule has 0 aromatic carbocycles. The van der Waals surface area contributed by atoms with Gasteiger partial charge in [-0.15, -0.1) is 0 Å². The van der Waals surface area contributed by atoms with E-state index in [1.54, 1.807) is 4.90 Å².